The van der Waals surface area contributed by atoms with E-state index in [-0.39, 0.29) is 5.38 Å². The number of aromatic nitrogens is 4. The molecule has 0 saturated heterocycles. The van der Waals surface area contributed by atoms with Gasteiger partial charge in [0.1, 0.15) is 0 Å². The fraction of sp³-hybridized carbons (Fsp3) is 0.444. The lowest BCUT2D eigenvalue weighted by Gasteiger charge is -2.03. The second-order valence-corrected chi connectivity index (χ2v) is 5.15. The van der Waals surface area contributed by atoms with Crippen LogP contribution in [0.5, 0.6) is 0 Å². The van der Waals surface area contributed by atoms with Gasteiger partial charge in [-0.15, -0.1) is 28.0 Å². The van der Waals surface area contributed by atoms with Gasteiger partial charge in [-0.1, -0.05) is 0 Å². The molecule has 0 N–H and O–H groups in total. The zero-order valence-corrected chi connectivity index (χ0v) is 10.1. The fourth-order valence-corrected chi connectivity index (χ4v) is 2.22. The number of thiophene rings is 1. The third-order valence-corrected chi connectivity index (χ3v) is 3.14. The van der Waals surface area contributed by atoms with Gasteiger partial charge in [0.05, 0.1) is 11.9 Å². The molecule has 0 aliphatic carbocycles. The van der Waals surface area contributed by atoms with Crippen molar-refractivity contribution < 1.29 is 0 Å². The van der Waals surface area contributed by atoms with Crippen molar-refractivity contribution in [3.05, 3.63) is 27.7 Å². The van der Waals surface area contributed by atoms with E-state index < -0.39 is 0 Å². The highest BCUT2D eigenvalue weighted by Crippen LogP contribution is 2.18. The van der Waals surface area contributed by atoms with Crippen LogP contribution in [0.25, 0.3) is 0 Å². The van der Waals surface area contributed by atoms with Gasteiger partial charge in [-0.2, -0.15) is 0 Å². The Hall–Kier alpha value is -0.940. The van der Waals surface area contributed by atoms with Gasteiger partial charge >= 0.3 is 0 Å². The van der Waals surface area contributed by atoms with Crippen molar-refractivity contribution in [2.45, 2.75) is 25.8 Å². The largest absolute Gasteiger partial charge is 0.224 e. The summed E-state index contributed by atoms with van der Waals surface area (Å²) < 4.78 is 1.74. The quantitative estimate of drug-likeness (QED) is 0.777. The molecule has 0 aliphatic rings. The molecular formula is C9H11ClN4S. The SMILES string of the molecule is Cc1cc(Cn2nnnc2C(C)Cl)cs1. The van der Waals surface area contributed by atoms with Crippen LogP contribution in [0.2, 0.25) is 0 Å². The predicted molar refractivity (Wildman–Crippen MR) is 60.2 cm³/mol. The molecule has 0 radical (unpaired) electrons. The first kappa shape index (κ1) is 10.6. The monoisotopic (exact) mass is 242 g/mol. The minimum Gasteiger partial charge on any atom is -0.224 e. The van der Waals surface area contributed by atoms with Crippen molar-refractivity contribution in [1.29, 1.82) is 0 Å². The normalized spacial score (nSPS) is 13.0. The summed E-state index contributed by atoms with van der Waals surface area (Å²) in [4.78, 5) is 1.29. The fourth-order valence-electron chi connectivity index (χ4n) is 1.36. The molecule has 80 valence electrons. The highest BCUT2D eigenvalue weighted by molar-refractivity contribution is 7.10. The second-order valence-electron chi connectivity index (χ2n) is 3.38. The second kappa shape index (κ2) is 4.28. The molecule has 2 heterocycles. The molecule has 0 bridgehead atoms. The van der Waals surface area contributed by atoms with Crippen LogP contribution < -0.4 is 0 Å². The summed E-state index contributed by atoms with van der Waals surface area (Å²) in [5, 5.41) is 13.4. The molecule has 0 aliphatic heterocycles. The van der Waals surface area contributed by atoms with Crippen LogP contribution in [0.1, 0.15) is 28.6 Å². The highest BCUT2D eigenvalue weighted by atomic mass is 35.5. The van der Waals surface area contributed by atoms with E-state index in [0.29, 0.717) is 12.4 Å². The van der Waals surface area contributed by atoms with Gasteiger partial charge in [-0.3, -0.25) is 0 Å². The summed E-state index contributed by atoms with van der Waals surface area (Å²) in [6.07, 6.45) is 0. The van der Waals surface area contributed by atoms with Gasteiger partial charge in [0.15, 0.2) is 5.82 Å². The Labute approximate surface area is 96.9 Å². The summed E-state index contributed by atoms with van der Waals surface area (Å²) in [6, 6.07) is 2.13. The first-order valence-electron chi connectivity index (χ1n) is 4.61. The van der Waals surface area contributed by atoms with E-state index in [1.54, 1.807) is 16.0 Å². The zero-order valence-electron chi connectivity index (χ0n) is 8.51. The molecule has 4 nitrogen and oxygen atoms in total. The molecule has 0 fully saturated rings. The Kier molecular flexibility index (Phi) is 3.02. The van der Waals surface area contributed by atoms with E-state index in [4.69, 9.17) is 11.6 Å². The first-order chi connectivity index (χ1) is 7.16. The molecular weight excluding hydrogens is 232 g/mol. The minimum atomic E-state index is -0.167. The number of aryl methyl sites for hydroxylation is 1. The standard InChI is InChI=1S/C9H11ClN4S/c1-6-3-8(5-15-6)4-14-9(7(2)10)11-12-13-14/h3,5,7H,4H2,1-2H3. The molecule has 1 unspecified atom stereocenters. The van der Waals surface area contributed by atoms with Crippen molar-refractivity contribution in [1.82, 2.24) is 20.2 Å². The summed E-state index contributed by atoms with van der Waals surface area (Å²) in [5.41, 5.74) is 1.21. The lowest BCUT2D eigenvalue weighted by Crippen LogP contribution is -2.06. The summed E-state index contributed by atoms with van der Waals surface area (Å²) >= 11 is 7.69. The van der Waals surface area contributed by atoms with Crippen LogP contribution in [0, 0.1) is 6.92 Å². The van der Waals surface area contributed by atoms with E-state index in [9.17, 15) is 0 Å². The van der Waals surface area contributed by atoms with Gasteiger partial charge in [-0.25, -0.2) is 4.68 Å². The summed E-state index contributed by atoms with van der Waals surface area (Å²) in [7, 11) is 0. The third kappa shape index (κ3) is 2.35. The Morgan fingerprint density at radius 1 is 1.60 bits per heavy atom. The lowest BCUT2D eigenvalue weighted by atomic mass is 10.3. The molecule has 2 rings (SSSR count). The van der Waals surface area contributed by atoms with Crippen LogP contribution in [-0.4, -0.2) is 20.2 Å². The summed E-state index contributed by atoms with van der Waals surface area (Å²) in [6.45, 7) is 4.63. The van der Waals surface area contributed by atoms with Crippen LogP contribution in [0.3, 0.4) is 0 Å². The van der Waals surface area contributed by atoms with Crippen LogP contribution >= 0.6 is 22.9 Å². The molecule has 0 amide bonds. The average Bonchev–Trinajstić information content (AvgIpc) is 2.75. The van der Waals surface area contributed by atoms with E-state index in [0.717, 1.165) is 0 Å². The number of halogens is 1. The molecule has 15 heavy (non-hydrogen) atoms. The molecule has 0 aromatic carbocycles. The molecule has 2 aromatic heterocycles. The molecule has 2 aromatic rings. The molecule has 6 heteroatoms. The van der Waals surface area contributed by atoms with Crippen molar-refractivity contribution >= 4 is 22.9 Å². The number of tetrazole rings is 1. The highest BCUT2D eigenvalue weighted by Gasteiger charge is 2.12. The van der Waals surface area contributed by atoms with Crippen LogP contribution in [-0.2, 0) is 6.54 Å². The third-order valence-electron chi connectivity index (χ3n) is 2.03. The number of alkyl halides is 1. The maximum absolute atomic E-state index is 5.96. The van der Waals surface area contributed by atoms with Gasteiger partial charge < -0.3 is 0 Å². The number of hydrogen-bond acceptors (Lipinski definition) is 4. The lowest BCUT2D eigenvalue weighted by molar-refractivity contribution is 0.619. The predicted octanol–water partition coefficient (Wildman–Crippen LogP) is 2.39. The Balaban J connectivity index is 2.20. The smallest absolute Gasteiger partial charge is 0.169 e. The van der Waals surface area contributed by atoms with E-state index in [2.05, 4.69) is 33.9 Å². The maximum atomic E-state index is 5.96. The van der Waals surface area contributed by atoms with Crippen LogP contribution in [0.15, 0.2) is 11.4 Å². The van der Waals surface area contributed by atoms with Crippen molar-refractivity contribution in [3.8, 4) is 0 Å². The van der Waals surface area contributed by atoms with Gasteiger partial charge in [0, 0.05) is 4.88 Å². The van der Waals surface area contributed by atoms with E-state index in [1.165, 1.54) is 10.4 Å². The topological polar surface area (TPSA) is 43.6 Å². The first-order valence-corrected chi connectivity index (χ1v) is 5.92. The minimum absolute atomic E-state index is 0.167. The molecule has 1 atom stereocenters. The Morgan fingerprint density at radius 2 is 2.40 bits per heavy atom. The van der Waals surface area contributed by atoms with Crippen LogP contribution in [0.4, 0.5) is 0 Å². The van der Waals surface area contributed by atoms with Gasteiger partial charge in [-0.05, 0) is 41.3 Å². The molecule has 0 saturated carbocycles. The van der Waals surface area contributed by atoms with Crippen molar-refractivity contribution in [3.63, 3.8) is 0 Å². The van der Waals surface area contributed by atoms with E-state index >= 15 is 0 Å². The Morgan fingerprint density at radius 3 is 3.00 bits per heavy atom. The number of nitrogens with zero attached hydrogens (tertiary/aromatic N) is 4. The van der Waals surface area contributed by atoms with E-state index in [1.807, 2.05) is 6.92 Å². The number of hydrogen-bond donors (Lipinski definition) is 0. The van der Waals surface area contributed by atoms with Gasteiger partial charge in [0.2, 0.25) is 0 Å². The average molecular weight is 243 g/mol. The Bertz CT molecular complexity index is 448. The maximum Gasteiger partial charge on any atom is 0.169 e. The van der Waals surface area contributed by atoms with Crippen molar-refractivity contribution in [2.75, 3.05) is 0 Å². The summed E-state index contributed by atoms with van der Waals surface area (Å²) in [5.74, 6) is 0.709. The van der Waals surface area contributed by atoms with Gasteiger partial charge in [0.25, 0.3) is 0 Å². The number of rotatable bonds is 3. The zero-order chi connectivity index (χ0) is 10.8. The molecule has 0 spiro atoms. The van der Waals surface area contributed by atoms with Crippen molar-refractivity contribution in [2.24, 2.45) is 0 Å².